The van der Waals surface area contributed by atoms with Crippen molar-refractivity contribution in [3.63, 3.8) is 0 Å². The van der Waals surface area contributed by atoms with Gasteiger partial charge in [-0.2, -0.15) is 0 Å². The number of rotatable bonds is 3. The van der Waals surface area contributed by atoms with E-state index in [0.717, 1.165) is 18.0 Å². The summed E-state index contributed by atoms with van der Waals surface area (Å²) >= 11 is 0. The van der Waals surface area contributed by atoms with E-state index in [-0.39, 0.29) is 5.54 Å². The lowest BCUT2D eigenvalue weighted by molar-refractivity contribution is 0.235. The van der Waals surface area contributed by atoms with Crippen LogP contribution in [0.1, 0.15) is 18.9 Å². The van der Waals surface area contributed by atoms with Gasteiger partial charge in [-0.3, -0.25) is 0 Å². The van der Waals surface area contributed by atoms with Crippen molar-refractivity contribution in [2.24, 2.45) is 0 Å². The number of hydrogen-bond donors (Lipinski definition) is 1. The van der Waals surface area contributed by atoms with Crippen molar-refractivity contribution in [2.45, 2.75) is 18.9 Å². The largest absolute Gasteiger partial charge is 0.493 e. The monoisotopic (exact) mass is 207 g/mol. The molecule has 0 bridgehead atoms. The van der Waals surface area contributed by atoms with Crippen LogP contribution in [0.4, 0.5) is 0 Å². The first kappa shape index (κ1) is 10.3. The molecule has 2 rings (SSSR count). The van der Waals surface area contributed by atoms with E-state index in [2.05, 4.69) is 18.3 Å². The summed E-state index contributed by atoms with van der Waals surface area (Å²) in [5.41, 5.74) is 1.37. The first-order valence-electron chi connectivity index (χ1n) is 5.17. The summed E-state index contributed by atoms with van der Waals surface area (Å²) in [6.45, 7) is 3.29. The molecule has 1 aliphatic heterocycles. The SMILES string of the molecule is COc1ccc(C2(C)CCN2)cc1OC. The third-order valence-electron chi connectivity index (χ3n) is 3.16. The van der Waals surface area contributed by atoms with Crippen molar-refractivity contribution in [1.29, 1.82) is 0 Å². The van der Waals surface area contributed by atoms with Crippen LogP contribution in [0.3, 0.4) is 0 Å². The maximum absolute atomic E-state index is 5.29. The second kappa shape index (κ2) is 3.74. The van der Waals surface area contributed by atoms with Crippen molar-refractivity contribution >= 4 is 0 Å². The molecule has 0 aliphatic carbocycles. The second-order valence-corrected chi connectivity index (χ2v) is 4.08. The molecule has 0 radical (unpaired) electrons. The van der Waals surface area contributed by atoms with Gasteiger partial charge in [0.15, 0.2) is 11.5 Å². The summed E-state index contributed by atoms with van der Waals surface area (Å²) in [5, 5.41) is 3.43. The van der Waals surface area contributed by atoms with E-state index in [9.17, 15) is 0 Å². The minimum atomic E-state index is 0.111. The van der Waals surface area contributed by atoms with Crippen LogP contribution in [-0.2, 0) is 5.54 Å². The van der Waals surface area contributed by atoms with Crippen LogP contribution in [0, 0.1) is 0 Å². The summed E-state index contributed by atoms with van der Waals surface area (Å²) in [7, 11) is 3.32. The van der Waals surface area contributed by atoms with Gasteiger partial charge in [-0.05, 0) is 37.6 Å². The topological polar surface area (TPSA) is 30.5 Å². The first-order chi connectivity index (χ1) is 7.19. The Bertz CT molecular complexity index is 359. The number of methoxy groups -OCH3 is 2. The molecule has 0 aromatic heterocycles. The van der Waals surface area contributed by atoms with Gasteiger partial charge in [-0.15, -0.1) is 0 Å². The number of ether oxygens (including phenoxy) is 2. The zero-order valence-electron chi connectivity index (χ0n) is 9.46. The summed E-state index contributed by atoms with van der Waals surface area (Å²) in [6, 6.07) is 6.10. The molecule has 0 saturated carbocycles. The van der Waals surface area contributed by atoms with Gasteiger partial charge in [0.25, 0.3) is 0 Å². The molecular weight excluding hydrogens is 190 g/mol. The van der Waals surface area contributed by atoms with Gasteiger partial charge in [0.05, 0.1) is 14.2 Å². The fourth-order valence-corrected chi connectivity index (χ4v) is 1.93. The molecule has 1 fully saturated rings. The van der Waals surface area contributed by atoms with Crippen LogP contribution < -0.4 is 14.8 Å². The first-order valence-corrected chi connectivity index (χ1v) is 5.17. The molecule has 1 aromatic rings. The van der Waals surface area contributed by atoms with Gasteiger partial charge in [0.1, 0.15) is 0 Å². The van der Waals surface area contributed by atoms with Gasteiger partial charge in [0.2, 0.25) is 0 Å². The van der Waals surface area contributed by atoms with Crippen molar-refractivity contribution in [2.75, 3.05) is 20.8 Å². The Hall–Kier alpha value is -1.22. The smallest absolute Gasteiger partial charge is 0.161 e. The molecule has 1 heterocycles. The van der Waals surface area contributed by atoms with Crippen LogP contribution >= 0.6 is 0 Å². The maximum atomic E-state index is 5.29. The number of nitrogens with one attached hydrogen (secondary N) is 1. The Balaban J connectivity index is 2.34. The summed E-state index contributed by atoms with van der Waals surface area (Å²) in [5.74, 6) is 1.58. The molecule has 1 N–H and O–H groups in total. The highest BCUT2D eigenvalue weighted by Crippen LogP contribution is 2.36. The molecular formula is C12H17NO2. The van der Waals surface area contributed by atoms with E-state index < -0.39 is 0 Å². The lowest BCUT2D eigenvalue weighted by Crippen LogP contribution is -2.51. The molecule has 0 amide bonds. The molecule has 82 valence electrons. The quantitative estimate of drug-likeness (QED) is 0.821. The Kier molecular flexibility index (Phi) is 2.57. The van der Waals surface area contributed by atoms with E-state index in [1.807, 2.05) is 12.1 Å². The fourth-order valence-electron chi connectivity index (χ4n) is 1.93. The molecule has 3 nitrogen and oxygen atoms in total. The maximum Gasteiger partial charge on any atom is 0.161 e. The van der Waals surface area contributed by atoms with Gasteiger partial charge in [-0.1, -0.05) is 6.07 Å². The minimum Gasteiger partial charge on any atom is -0.493 e. The van der Waals surface area contributed by atoms with Crippen molar-refractivity contribution in [1.82, 2.24) is 5.32 Å². The zero-order chi connectivity index (χ0) is 10.9. The van der Waals surface area contributed by atoms with Crippen LogP contribution in [0.5, 0.6) is 11.5 Å². The fraction of sp³-hybridized carbons (Fsp3) is 0.500. The lowest BCUT2D eigenvalue weighted by Gasteiger charge is -2.40. The van der Waals surface area contributed by atoms with Crippen LogP contribution in [0.25, 0.3) is 0 Å². The summed E-state index contributed by atoms with van der Waals surface area (Å²) in [6.07, 6.45) is 1.17. The molecule has 1 aliphatic rings. The van der Waals surface area contributed by atoms with Crippen molar-refractivity contribution < 1.29 is 9.47 Å². The Labute approximate surface area is 90.4 Å². The van der Waals surface area contributed by atoms with Gasteiger partial charge in [-0.25, -0.2) is 0 Å². The van der Waals surface area contributed by atoms with Crippen LogP contribution in [0.2, 0.25) is 0 Å². The van der Waals surface area contributed by atoms with Crippen molar-refractivity contribution in [3.8, 4) is 11.5 Å². The van der Waals surface area contributed by atoms with Crippen molar-refractivity contribution in [3.05, 3.63) is 23.8 Å². The van der Waals surface area contributed by atoms with Crippen LogP contribution in [-0.4, -0.2) is 20.8 Å². The summed E-state index contributed by atoms with van der Waals surface area (Å²) < 4.78 is 10.5. The lowest BCUT2D eigenvalue weighted by atomic mass is 9.83. The predicted molar refractivity (Wildman–Crippen MR) is 59.5 cm³/mol. The molecule has 1 atom stereocenters. The molecule has 1 unspecified atom stereocenters. The molecule has 15 heavy (non-hydrogen) atoms. The molecule has 1 saturated heterocycles. The highest BCUT2D eigenvalue weighted by atomic mass is 16.5. The third kappa shape index (κ3) is 1.67. The highest BCUT2D eigenvalue weighted by molar-refractivity contribution is 5.45. The standard InChI is InChI=1S/C12H17NO2/c1-12(6-7-13-12)9-4-5-10(14-2)11(8-9)15-3/h4-5,8,13H,6-7H2,1-3H3. The van der Waals surface area contributed by atoms with Crippen LogP contribution in [0.15, 0.2) is 18.2 Å². The highest BCUT2D eigenvalue weighted by Gasteiger charge is 2.33. The van der Waals surface area contributed by atoms with E-state index in [4.69, 9.17) is 9.47 Å². The van der Waals surface area contributed by atoms with Gasteiger partial charge < -0.3 is 14.8 Å². The van der Waals surface area contributed by atoms with Gasteiger partial charge in [0, 0.05) is 5.54 Å². The molecule has 1 aromatic carbocycles. The summed E-state index contributed by atoms with van der Waals surface area (Å²) in [4.78, 5) is 0. The Morgan fingerprint density at radius 2 is 1.87 bits per heavy atom. The average Bonchev–Trinajstić information content (AvgIpc) is 2.25. The zero-order valence-corrected chi connectivity index (χ0v) is 9.46. The van der Waals surface area contributed by atoms with E-state index in [1.165, 1.54) is 12.0 Å². The molecule has 3 heteroatoms. The Morgan fingerprint density at radius 1 is 1.20 bits per heavy atom. The minimum absolute atomic E-state index is 0.111. The Morgan fingerprint density at radius 3 is 2.33 bits per heavy atom. The number of hydrogen-bond acceptors (Lipinski definition) is 3. The number of benzene rings is 1. The van der Waals surface area contributed by atoms with E-state index >= 15 is 0 Å². The third-order valence-corrected chi connectivity index (χ3v) is 3.16. The molecule has 0 spiro atoms. The second-order valence-electron chi connectivity index (χ2n) is 4.08. The van der Waals surface area contributed by atoms with Gasteiger partial charge >= 0.3 is 0 Å². The average molecular weight is 207 g/mol. The predicted octanol–water partition coefficient (Wildman–Crippen LogP) is 1.91. The normalized spacial score (nSPS) is 24.5. The van der Waals surface area contributed by atoms with E-state index in [1.54, 1.807) is 14.2 Å². The van der Waals surface area contributed by atoms with E-state index in [0.29, 0.717) is 0 Å².